The van der Waals surface area contributed by atoms with Gasteiger partial charge in [0.1, 0.15) is 64.0 Å². The van der Waals surface area contributed by atoms with Crippen LogP contribution in [0.25, 0.3) is 21.9 Å². The summed E-state index contributed by atoms with van der Waals surface area (Å²) in [5.41, 5.74) is -0.772. The zero-order valence-electron chi connectivity index (χ0n) is 20.7. The zero-order valence-corrected chi connectivity index (χ0v) is 20.7. The van der Waals surface area contributed by atoms with E-state index in [1.807, 2.05) is 0 Å². The quantitative estimate of drug-likeness (QED) is 0.190. The second kappa shape index (κ2) is 10.4. The predicted octanol–water partition coefficient (Wildman–Crippen LogP) is -0.964. The van der Waals surface area contributed by atoms with Crippen molar-refractivity contribution in [1.29, 1.82) is 0 Å². The second-order valence-electron chi connectivity index (χ2n) is 9.40. The largest absolute Gasteiger partial charge is 0.507 e. The zero-order chi connectivity index (χ0) is 28.2. The van der Waals surface area contributed by atoms with Crippen LogP contribution in [0.5, 0.6) is 23.0 Å². The maximum absolute atomic E-state index is 13.2. The number of aromatic hydroxyl groups is 2. The standard InChI is InChI=1S/C25H28O14/c1-8-17(28)21(32)22(33)24(36-8)39-23-18(29)11(27)7-35-25(23)38-13-4-3-12-16(19(13)30)20(31)15-10(26)5-9(34-2)6-14(15)37-12/h3-6,8,11,17-18,21-30,32-33H,7H2,1-2H3/t8-,11-,17-,18+,21+,22+,23-,24-,25+/m0/s1. The summed E-state index contributed by atoms with van der Waals surface area (Å²) >= 11 is 0. The molecule has 3 aromatic rings. The highest BCUT2D eigenvalue weighted by atomic mass is 16.8. The molecule has 212 valence electrons. The van der Waals surface area contributed by atoms with Gasteiger partial charge in [-0.1, -0.05) is 0 Å². The van der Waals surface area contributed by atoms with E-state index in [9.17, 15) is 40.5 Å². The number of rotatable bonds is 5. The summed E-state index contributed by atoms with van der Waals surface area (Å²) in [4.78, 5) is 13.2. The molecule has 0 bridgehead atoms. The van der Waals surface area contributed by atoms with Crippen molar-refractivity contribution < 1.29 is 63.8 Å². The summed E-state index contributed by atoms with van der Waals surface area (Å²) in [6.45, 7) is 1.04. The van der Waals surface area contributed by atoms with Gasteiger partial charge in [0.25, 0.3) is 0 Å². The Morgan fingerprint density at radius 1 is 0.897 bits per heavy atom. The molecule has 2 aromatic carbocycles. The molecule has 14 heteroatoms. The third kappa shape index (κ3) is 4.74. The monoisotopic (exact) mass is 552 g/mol. The van der Waals surface area contributed by atoms with E-state index < -0.39 is 78.8 Å². The van der Waals surface area contributed by atoms with Crippen LogP contribution >= 0.6 is 0 Å². The maximum Gasteiger partial charge on any atom is 0.229 e. The number of hydrogen-bond acceptors (Lipinski definition) is 14. The van der Waals surface area contributed by atoms with E-state index in [2.05, 4.69) is 0 Å². The van der Waals surface area contributed by atoms with Crippen molar-refractivity contribution in [2.24, 2.45) is 0 Å². The van der Waals surface area contributed by atoms with E-state index in [1.54, 1.807) is 0 Å². The Morgan fingerprint density at radius 3 is 2.36 bits per heavy atom. The molecule has 9 atom stereocenters. The van der Waals surface area contributed by atoms with Crippen molar-refractivity contribution in [3.63, 3.8) is 0 Å². The Labute approximate surface area is 219 Å². The minimum atomic E-state index is -1.72. The van der Waals surface area contributed by atoms with Gasteiger partial charge < -0.3 is 63.8 Å². The van der Waals surface area contributed by atoms with Gasteiger partial charge in [0.05, 0.1) is 19.8 Å². The smallest absolute Gasteiger partial charge is 0.229 e. The summed E-state index contributed by atoms with van der Waals surface area (Å²) in [5, 5.41) is 71.9. The lowest BCUT2D eigenvalue weighted by molar-refractivity contribution is -0.344. The van der Waals surface area contributed by atoms with E-state index in [0.29, 0.717) is 0 Å². The first-order chi connectivity index (χ1) is 18.5. The molecular formula is C25H28O14. The van der Waals surface area contributed by atoms with Crippen molar-refractivity contribution in [2.45, 2.75) is 62.2 Å². The Balaban J connectivity index is 1.48. The summed E-state index contributed by atoms with van der Waals surface area (Å²) in [7, 11) is 1.38. The van der Waals surface area contributed by atoms with Crippen LogP contribution in [-0.4, -0.2) is 105 Å². The van der Waals surface area contributed by atoms with Crippen molar-refractivity contribution in [1.82, 2.24) is 0 Å². The van der Waals surface area contributed by atoms with E-state index >= 15 is 0 Å². The first-order valence-corrected chi connectivity index (χ1v) is 12.0. The number of benzene rings is 2. The highest BCUT2D eigenvalue weighted by molar-refractivity contribution is 5.97. The molecule has 0 aliphatic carbocycles. The molecule has 2 aliphatic heterocycles. The van der Waals surface area contributed by atoms with Crippen molar-refractivity contribution in [3.05, 3.63) is 34.5 Å². The second-order valence-corrected chi connectivity index (χ2v) is 9.40. The molecule has 5 rings (SSSR count). The van der Waals surface area contributed by atoms with Crippen LogP contribution in [0.15, 0.2) is 33.5 Å². The van der Waals surface area contributed by atoms with Gasteiger partial charge in [-0.05, 0) is 19.1 Å². The first-order valence-electron chi connectivity index (χ1n) is 12.0. The van der Waals surface area contributed by atoms with Gasteiger partial charge in [-0.3, -0.25) is 4.79 Å². The Morgan fingerprint density at radius 2 is 1.64 bits per heavy atom. The molecule has 0 amide bonds. The molecule has 0 radical (unpaired) electrons. The number of methoxy groups -OCH3 is 1. The van der Waals surface area contributed by atoms with Crippen LogP contribution < -0.4 is 14.9 Å². The molecule has 39 heavy (non-hydrogen) atoms. The van der Waals surface area contributed by atoms with E-state index in [4.69, 9.17) is 28.1 Å². The summed E-state index contributed by atoms with van der Waals surface area (Å²) < 4.78 is 33.0. The van der Waals surface area contributed by atoms with Gasteiger partial charge in [0.2, 0.25) is 11.7 Å². The molecule has 0 unspecified atom stereocenters. The SMILES string of the molecule is COc1cc(O)c2c(=O)c3c(O)c(O[C@H]4OC[C@H](O)[C@@H](O)[C@@H]4O[C@@H]4O[C@@H](C)[C@H](O)[C@@H](O)[C@H]4O)ccc3oc2c1. The number of phenolic OH excluding ortho intramolecular Hbond substituents is 2. The predicted molar refractivity (Wildman–Crippen MR) is 129 cm³/mol. The van der Waals surface area contributed by atoms with Gasteiger partial charge in [0.15, 0.2) is 23.9 Å². The van der Waals surface area contributed by atoms with E-state index in [0.717, 1.165) is 0 Å². The van der Waals surface area contributed by atoms with Gasteiger partial charge in [-0.2, -0.15) is 0 Å². The highest BCUT2D eigenvalue weighted by Crippen LogP contribution is 2.38. The number of hydrogen-bond donors (Lipinski definition) is 7. The molecule has 2 fully saturated rings. The van der Waals surface area contributed by atoms with Gasteiger partial charge in [0, 0.05) is 12.1 Å². The first kappa shape index (κ1) is 27.4. The van der Waals surface area contributed by atoms with Crippen LogP contribution in [0.2, 0.25) is 0 Å². The number of aliphatic hydroxyl groups is 5. The summed E-state index contributed by atoms with van der Waals surface area (Å²) in [6.07, 6.45) is -13.3. The lowest BCUT2D eigenvalue weighted by atomic mass is 9.99. The fourth-order valence-electron chi connectivity index (χ4n) is 4.62. The number of fused-ring (bicyclic) bond motifs is 2. The lowest BCUT2D eigenvalue weighted by Gasteiger charge is -2.43. The third-order valence-electron chi connectivity index (χ3n) is 6.84. The maximum atomic E-state index is 13.2. The average molecular weight is 552 g/mol. The van der Waals surface area contributed by atoms with Crippen LogP contribution in [-0.2, 0) is 14.2 Å². The molecule has 0 spiro atoms. The van der Waals surface area contributed by atoms with Crippen LogP contribution in [0.4, 0.5) is 0 Å². The summed E-state index contributed by atoms with van der Waals surface area (Å²) in [6, 6.07) is 5.21. The highest BCUT2D eigenvalue weighted by Gasteiger charge is 2.48. The molecule has 1 aromatic heterocycles. The van der Waals surface area contributed by atoms with Crippen LogP contribution in [0.3, 0.4) is 0 Å². The number of aliphatic hydroxyl groups excluding tert-OH is 5. The minimum Gasteiger partial charge on any atom is -0.507 e. The van der Waals surface area contributed by atoms with Crippen molar-refractivity contribution in [2.75, 3.05) is 13.7 Å². The third-order valence-corrected chi connectivity index (χ3v) is 6.84. The molecule has 2 aliphatic rings. The van der Waals surface area contributed by atoms with Crippen LogP contribution in [0.1, 0.15) is 6.92 Å². The van der Waals surface area contributed by atoms with Gasteiger partial charge in [-0.25, -0.2) is 0 Å². The average Bonchev–Trinajstić information content (AvgIpc) is 2.90. The van der Waals surface area contributed by atoms with Gasteiger partial charge in [-0.15, -0.1) is 0 Å². The van der Waals surface area contributed by atoms with Crippen molar-refractivity contribution in [3.8, 4) is 23.0 Å². The molecule has 7 N–H and O–H groups in total. The molecular weight excluding hydrogens is 524 g/mol. The number of phenols is 2. The Bertz CT molecular complexity index is 1420. The Hall–Kier alpha value is -3.21. The summed E-state index contributed by atoms with van der Waals surface area (Å²) in [5.74, 6) is -1.14. The van der Waals surface area contributed by atoms with E-state index in [-0.39, 0.29) is 33.4 Å². The van der Waals surface area contributed by atoms with Gasteiger partial charge >= 0.3 is 0 Å². The van der Waals surface area contributed by atoms with E-state index in [1.165, 1.54) is 38.3 Å². The fraction of sp³-hybridized carbons (Fsp3) is 0.480. The number of ether oxygens (including phenoxy) is 5. The normalized spacial score (nSPS) is 33.4. The van der Waals surface area contributed by atoms with Crippen molar-refractivity contribution >= 4 is 21.9 Å². The Kier molecular flexibility index (Phi) is 7.30. The molecule has 2 saturated heterocycles. The fourth-order valence-corrected chi connectivity index (χ4v) is 4.62. The lowest BCUT2D eigenvalue weighted by Crippen LogP contribution is -2.62. The molecule has 14 nitrogen and oxygen atoms in total. The molecule has 3 heterocycles. The topological polar surface area (TPSA) is 218 Å². The minimum absolute atomic E-state index is 0.0196. The molecule has 0 saturated carbocycles. The van der Waals surface area contributed by atoms with Crippen LogP contribution in [0, 0.1) is 0 Å².